The highest BCUT2D eigenvalue weighted by atomic mass is 79.9. The quantitative estimate of drug-likeness (QED) is 0.848. The first-order valence-electron chi connectivity index (χ1n) is 6.02. The minimum atomic E-state index is 0.141. The largest absolute Gasteiger partial charge is 0.508 e. The van der Waals surface area contributed by atoms with Crippen molar-refractivity contribution in [3.63, 3.8) is 0 Å². The lowest BCUT2D eigenvalue weighted by atomic mass is 10.1. The van der Waals surface area contributed by atoms with Crippen molar-refractivity contribution in [2.75, 3.05) is 0 Å². The van der Waals surface area contributed by atoms with Gasteiger partial charge in [0, 0.05) is 22.1 Å². The Bertz CT molecular complexity index is 574. The molecule has 0 heterocycles. The highest BCUT2D eigenvalue weighted by Gasteiger charge is 2.07. The second-order valence-corrected chi connectivity index (χ2v) is 5.76. The van der Waals surface area contributed by atoms with Gasteiger partial charge in [-0.2, -0.15) is 0 Å². The first kappa shape index (κ1) is 14.4. The Hall–Kier alpha value is -1.03. The van der Waals surface area contributed by atoms with E-state index in [2.05, 4.69) is 28.2 Å². The molecular weight excluding hydrogens is 326 g/mol. The molecule has 0 saturated carbocycles. The van der Waals surface area contributed by atoms with E-state index in [0.29, 0.717) is 6.54 Å². The summed E-state index contributed by atoms with van der Waals surface area (Å²) in [5.41, 5.74) is 2.09. The molecule has 0 amide bonds. The zero-order valence-corrected chi connectivity index (χ0v) is 12.9. The molecule has 100 valence electrons. The van der Waals surface area contributed by atoms with Gasteiger partial charge in [-0.15, -0.1) is 0 Å². The third kappa shape index (κ3) is 3.96. The van der Waals surface area contributed by atoms with E-state index in [4.69, 9.17) is 11.6 Å². The third-order valence-corrected chi connectivity index (χ3v) is 3.84. The average Bonchev–Trinajstić information content (AvgIpc) is 2.39. The predicted molar refractivity (Wildman–Crippen MR) is 82.5 cm³/mol. The Morgan fingerprint density at radius 1 is 1.26 bits per heavy atom. The fourth-order valence-corrected chi connectivity index (χ4v) is 2.45. The fraction of sp³-hybridized carbons (Fsp3) is 0.200. The maximum absolute atomic E-state index is 9.47. The summed E-state index contributed by atoms with van der Waals surface area (Å²) >= 11 is 9.59. The minimum absolute atomic E-state index is 0.141. The maximum Gasteiger partial charge on any atom is 0.115 e. The van der Waals surface area contributed by atoms with Crippen molar-refractivity contribution in [2.24, 2.45) is 0 Å². The first-order chi connectivity index (χ1) is 9.06. The van der Waals surface area contributed by atoms with Crippen LogP contribution in [0.3, 0.4) is 0 Å². The Kier molecular flexibility index (Phi) is 4.86. The van der Waals surface area contributed by atoms with Crippen LogP contribution in [0.5, 0.6) is 5.75 Å². The standard InChI is InChI=1S/C15H15BrClNO/c1-10(11-3-2-4-14(19)8-11)18-9-12-7-13(16)5-6-15(12)17/h2-8,10,18-19H,9H2,1H3. The van der Waals surface area contributed by atoms with Gasteiger partial charge in [0.25, 0.3) is 0 Å². The van der Waals surface area contributed by atoms with Crippen LogP contribution in [0.1, 0.15) is 24.1 Å². The maximum atomic E-state index is 9.47. The topological polar surface area (TPSA) is 32.3 Å². The summed E-state index contributed by atoms with van der Waals surface area (Å²) in [5.74, 6) is 0.284. The van der Waals surface area contributed by atoms with Gasteiger partial charge in [0.2, 0.25) is 0 Å². The van der Waals surface area contributed by atoms with E-state index in [-0.39, 0.29) is 11.8 Å². The summed E-state index contributed by atoms with van der Waals surface area (Å²) in [5, 5.41) is 13.6. The third-order valence-electron chi connectivity index (χ3n) is 2.98. The van der Waals surface area contributed by atoms with Crippen LogP contribution in [0.15, 0.2) is 46.9 Å². The Balaban J connectivity index is 2.04. The van der Waals surface area contributed by atoms with Crippen molar-refractivity contribution in [1.82, 2.24) is 5.32 Å². The van der Waals surface area contributed by atoms with Gasteiger partial charge in [0.15, 0.2) is 0 Å². The van der Waals surface area contributed by atoms with E-state index in [9.17, 15) is 5.11 Å². The summed E-state index contributed by atoms with van der Waals surface area (Å²) in [4.78, 5) is 0. The van der Waals surface area contributed by atoms with E-state index in [1.165, 1.54) is 0 Å². The normalized spacial score (nSPS) is 12.4. The smallest absolute Gasteiger partial charge is 0.115 e. The number of hydrogen-bond donors (Lipinski definition) is 2. The number of nitrogens with one attached hydrogen (secondary N) is 1. The predicted octanol–water partition coefficient (Wildman–Crippen LogP) is 4.66. The van der Waals surface area contributed by atoms with Gasteiger partial charge in [0.1, 0.15) is 5.75 Å². The van der Waals surface area contributed by atoms with E-state index >= 15 is 0 Å². The minimum Gasteiger partial charge on any atom is -0.508 e. The molecule has 2 aromatic carbocycles. The van der Waals surface area contributed by atoms with Crippen molar-refractivity contribution in [3.8, 4) is 5.75 Å². The molecule has 0 aliphatic carbocycles. The summed E-state index contributed by atoms with van der Waals surface area (Å²) in [7, 11) is 0. The highest BCUT2D eigenvalue weighted by Crippen LogP contribution is 2.23. The zero-order valence-electron chi connectivity index (χ0n) is 10.5. The monoisotopic (exact) mass is 339 g/mol. The van der Waals surface area contributed by atoms with Gasteiger partial charge in [-0.25, -0.2) is 0 Å². The van der Waals surface area contributed by atoms with Crippen LogP contribution in [0.4, 0.5) is 0 Å². The van der Waals surface area contributed by atoms with Gasteiger partial charge < -0.3 is 10.4 Å². The summed E-state index contributed by atoms with van der Waals surface area (Å²) in [6.07, 6.45) is 0. The molecule has 2 N–H and O–H groups in total. The molecule has 0 fully saturated rings. The average molecular weight is 341 g/mol. The fourth-order valence-electron chi connectivity index (χ4n) is 1.85. The van der Waals surface area contributed by atoms with Crippen LogP contribution in [-0.2, 0) is 6.54 Å². The molecule has 2 rings (SSSR count). The molecule has 1 unspecified atom stereocenters. The van der Waals surface area contributed by atoms with Crippen molar-refractivity contribution in [2.45, 2.75) is 19.5 Å². The molecule has 0 spiro atoms. The molecule has 0 bridgehead atoms. The van der Waals surface area contributed by atoms with E-state index in [0.717, 1.165) is 20.6 Å². The number of phenolic OH excluding ortho intramolecular Hbond substituents is 1. The zero-order chi connectivity index (χ0) is 13.8. The summed E-state index contributed by atoms with van der Waals surface area (Å²) in [6.45, 7) is 2.73. The molecule has 1 atom stereocenters. The van der Waals surface area contributed by atoms with Crippen molar-refractivity contribution in [3.05, 3.63) is 63.1 Å². The lowest BCUT2D eigenvalue weighted by Gasteiger charge is -2.15. The van der Waals surface area contributed by atoms with Crippen LogP contribution >= 0.6 is 27.5 Å². The van der Waals surface area contributed by atoms with Crippen molar-refractivity contribution >= 4 is 27.5 Å². The molecule has 0 aliphatic heterocycles. The molecular formula is C15H15BrClNO. The first-order valence-corrected chi connectivity index (χ1v) is 7.19. The summed E-state index contributed by atoms with van der Waals surface area (Å²) < 4.78 is 1.01. The molecule has 0 aliphatic rings. The van der Waals surface area contributed by atoms with Gasteiger partial charge in [-0.3, -0.25) is 0 Å². The Labute approximate surface area is 126 Å². The molecule has 4 heteroatoms. The van der Waals surface area contributed by atoms with Crippen LogP contribution in [0, 0.1) is 0 Å². The Morgan fingerprint density at radius 2 is 2.05 bits per heavy atom. The van der Waals surface area contributed by atoms with Gasteiger partial charge in [-0.05, 0) is 48.4 Å². The van der Waals surface area contributed by atoms with E-state index in [1.54, 1.807) is 12.1 Å². The van der Waals surface area contributed by atoms with Crippen molar-refractivity contribution in [1.29, 1.82) is 0 Å². The van der Waals surface area contributed by atoms with Gasteiger partial charge >= 0.3 is 0 Å². The lowest BCUT2D eigenvalue weighted by molar-refractivity contribution is 0.472. The van der Waals surface area contributed by atoms with Crippen LogP contribution < -0.4 is 5.32 Å². The SMILES string of the molecule is CC(NCc1cc(Br)ccc1Cl)c1cccc(O)c1. The molecule has 0 saturated heterocycles. The second kappa shape index (κ2) is 6.42. The van der Waals surface area contributed by atoms with Crippen LogP contribution in [0.2, 0.25) is 5.02 Å². The number of halogens is 2. The summed E-state index contributed by atoms with van der Waals surface area (Å²) in [6, 6.07) is 13.2. The van der Waals surface area contributed by atoms with Crippen LogP contribution in [0.25, 0.3) is 0 Å². The number of hydrogen-bond acceptors (Lipinski definition) is 2. The number of rotatable bonds is 4. The number of phenols is 1. The van der Waals surface area contributed by atoms with Crippen LogP contribution in [-0.4, -0.2) is 5.11 Å². The molecule has 19 heavy (non-hydrogen) atoms. The number of benzene rings is 2. The molecule has 0 aromatic heterocycles. The highest BCUT2D eigenvalue weighted by molar-refractivity contribution is 9.10. The van der Waals surface area contributed by atoms with E-state index < -0.39 is 0 Å². The lowest BCUT2D eigenvalue weighted by Crippen LogP contribution is -2.18. The molecule has 0 radical (unpaired) electrons. The Morgan fingerprint density at radius 3 is 2.79 bits per heavy atom. The van der Waals surface area contributed by atoms with Crippen molar-refractivity contribution < 1.29 is 5.11 Å². The molecule has 2 aromatic rings. The van der Waals surface area contributed by atoms with Gasteiger partial charge in [0.05, 0.1) is 0 Å². The van der Waals surface area contributed by atoms with E-state index in [1.807, 2.05) is 30.3 Å². The van der Waals surface area contributed by atoms with Gasteiger partial charge in [-0.1, -0.05) is 39.7 Å². The number of aromatic hydroxyl groups is 1. The second-order valence-electron chi connectivity index (χ2n) is 4.43. The molecule has 2 nitrogen and oxygen atoms in total.